The number of furan rings is 2. The zero-order valence-electron chi connectivity index (χ0n) is 35.7. The van der Waals surface area contributed by atoms with Crippen molar-refractivity contribution in [1.82, 2.24) is 19.5 Å². The number of benzene rings is 11. The molecule has 0 saturated heterocycles. The molecule has 6 nitrogen and oxygen atoms in total. The van der Waals surface area contributed by atoms with Gasteiger partial charge >= 0.3 is 0 Å². The summed E-state index contributed by atoms with van der Waals surface area (Å²) in [6.07, 6.45) is 0. The highest BCUT2D eigenvalue weighted by molar-refractivity contribution is 6.25. The normalized spacial score (nSPS) is 12.2. The third-order valence-corrected chi connectivity index (χ3v) is 13.7. The quantitative estimate of drug-likeness (QED) is 0.176. The Bertz CT molecular complexity index is 4590. The standard InChI is InChI=1S/C61H34N4O2/c1-2-13-37-29-42(22-21-35(37)11-1)59-62-60(43-23-25-46-45-19-9-10-20-52(45)66-54(46)34-43)64-61(63-59)47-26-28-53-57(49-31-39-15-4-6-17-41(39)33-55(49)67-53)58(47)65-50-27-24-36-12-7-8-18-44(36)56(50)48-30-38-14-3-5-16-40(38)32-51(48)65/h1-34H. The Balaban J connectivity index is 1.09. The molecule has 0 spiro atoms. The maximum absolute atomic E-state index is 6.87. The van der Waals surface area contributed by atoms with E-state index in [4.69, 9.17) is 23.8 Å². The average Bonchev–Trinajstić information content (AvgIpc) is 4.05. The molecule has 0 fully saturated rings. The summed E-state index contributed by atoms with van der Waals surface area (Å²) in [7, 11) is 0. The lowest BCUT2D eigenvalue weighted by molar-refractivity contribution is 0.668. The van der Waals surface area contributed by atoms with E-state index in [1.165, 1.54) is 26.9 Å². The first-order valence-corrected chi connectivity index (χ1v) is 22.6. The summed E-state index contributed by atoms with van der Waals surface area (Å²) < 4.78 is 15.7. The third kappa shape index (κ3) is 5.41. The van der Waals surface area contributed by atoms with Crippen LogP contribution in [0.1, 0.15) is 0 Å². The van der Waals surface area contributed by atoms with Crippen molar-refractivity contribution in [1.29, 1.82) is 0 Å². The molecule has 0 unspecified atom stereocenters. The van der Waals surface area contributed by atoms with E-state index in [-0.39, 0.29) is 0 Å². The highest BCUT2D eigenvalue weighted by Crippen LogP contribution is 2.46. The van der Waals surface area contributed by atoms with Gasteiger partial charge in [0.25, 0.3) is 0 Å². The van der Waals surface area contributed by atoms with Crippen LogP contribution in [0.15, 0.2) is 215 Å². The first-order chi connectivity index (χ1) is 33.2. The fourth-order valence-corrected chi connectivity index (χ4v) is 10.6. The van der Waals surface area contributed by atoms with E-state index >= 15 is 0 Å². The number of hydrogen-bond donors (Lipinski definition) is 0. The van der Waals surface area contributed by atoms with Crippen LogP contribution in [-0.2, 0) is 0 Å². The summed E-state index contributed by atoms with van der Waals surface area (Å²) in [5.41, 5.74) is 8.87. The topological polar surface area (TPSA) is 69.9 Å². The van der Waals surface area contributed by atoms with Crippen molar-refractivity contribution in [3.8, 4) is 39.9 Å². The van der Waals surface area contributed by atoms with E-state index in [9.17, 15) is 0 Å². The van der Waals surface area contributed by atoms with Gasteiger partial charge in [-0.15, -0.1) is 0 Å². The molecule has 15 rings (SSSR count). The highest BCUT2D eigenvalue weighted by atomic mass is 16.3. The smallest absolute Gasteiger partial charge is 0.166 e. The SMILES string of the molecule is c1ccc2cc(-c3nc(-c4ccc5c(c4)oc4ccccc45)nc(-c4ccc5oc6cc7ccccc7cc6c5c4-n4c5cc6ccccc6cc5c5c6ccccc6ccc54)n3)ccc2c1. The second kappa shape index (κ2) is 13.7. The Kier molecular flexibility index (Phi) is 7.40. The Hall–Kier alpha value is -9.13. The lowest BCUT2D eigenvalue weighted by atomic mass is 10.0. The molecule has 4 aromatic heterocycles. The molecule has 0 aliphatic heterocycles. The maximum atomic E-state index is 6.87. The van der Waals surface area contributed by atoms with Crippen molar-refractivity contribution in [2.45, 2.75) is 0 Å². The summed E-state index contributed by atoms with van der Waals surface area (Å²) in [6.45, 7) is 0. The van der Waals surface area contributed by atoms with Crippen LogP contribution in [0.5, 0.6) is 0 Å². The van der Waals surface area contributed by atoms with Crippen molar-refractivity contribution in [3.63, 3.8) is 0 Å². The van der Waals surface area contributed by atoms with E-state index in [2.05, 4.69) is 193 Å². The van der Waals surface area contributed by atoms with Gasteiger partial charge in [-0.1, -0.05) is 140 Å². The fourth-order valence-electron chi connectivity index (χ4n) is 10.6. The Morgan fingerprint density at radius 3 is 1.64 bits per heavy atom. The Morgan fingerprint density at radius 1 is 0.299 bits per heavy atom. The van der Waals surface area contributed by atoms with Crippen LogP contribution in [0.2, 0.25) is 0 Å². The zero-order chi connectivity index (χ0) is 43.7. The monoisotopic (exact) mass is 854 g/mol. The third-order valence-electron chi connectivity index (χ3n) is 13.7. The lowest BCUT2D eigenvalue weighted by Crippen LogP contribution is -2.04. The lowest BCUT2D eigenvalue weighted by Gasteiger charge is -2.16. The first kappa shape index (κ1) is 36.2. The molecule has 310 valence electrons. The van der Waals surface area contributed by atoms with Crippen molar-refractivity contribution in [2.75, 3.05) is 0 Å². The van der Waals surface area contributed by atoms with Gasteiger partial charge in [0.15, 0.2) is 17.5 Å². The molecule has 67 heavy (non-hydrogen) atoms. The van der Waals surface area contributed by atoms with Gasteiger partial charge in [-0.05, 0) is 110 Å². The molecule has 6 heteroatoms. The molecule has 0 aliphatic rings. The molecule has 0 aliphatic carbocycles. The number of nitrogens with zero attached hydrogens (tertiary/aromatic N) is 4. The molecule has 0 N–H and O–H groups in total. The van der Waals surface area contributed by atoms with Gasteiger partial charge in [0.1, 0.15) is 22.3 Å². The van der Waals surface area contributed by atoms with Crippen molar-refractivity contribution in [2.24, 2.45) is 0 Å². The molecule has 0 saturated carbocycles. The van der Waals surface area contributed by atoms with Crippen molar-refractivity contribution in [3.05, 3.63) is 206 Å². The number of para-hydroxylation sites is 1. The number of aromatic nitrogens is 4. The molecule has 11 aromatic carbocycles. The Labute approximate surface area is 381 Å². The van der Waals surface area contributed by atoms with Crippen LogP contribution in [-0.4, -0.2) is 19.5 Å². The van der Waals surface area contributed by atoms with Gasteiger partial charge in [0.2, 0.25) is 0 Å². The van der Waals surface area contributed by atoms with Gasteiger partial charge in [-0.25, -0.2) is 15.0 Å². The van der Waals surface area contributed by atoms with Gasteiger partial charge in [0, 0.05) is 43.6 Å². The van der Waals surface area contributed by atoms with Crippen LogP contribution in [0.3, 0.4) is 0 Å². The molecular weight excluding hydrogens is 821 g/mol. The van der Waals surface area contributed by atoms with E-state index in [1.807, 2.05) is 18.2 Å². The zero-order valence-corrected chi connectivity index (χ0v) is 35.7. The predicted molar refractivity (Wildman–Crippen MR) is 275 cm³/mol. The molecule has 0 amide bonds. The van der Waals surface area contributed by atoms with Crippen LogP contribution < -0.4 is 0 Å². The molecule has 0 bridgehead atoms. The number of fused-ring (bicyclic) bond motifs is 14. The summed E-state index contributed by atoms with van der Waals surface area (Å²) in [4.78, 5) is 16.2. The van der Waals surface area contributed by atoms with E-state index in [0.29, 0.717) is 17.5 Å². The number of rotatable bonds is 4. The maximum Gasteiger partial charge on any atom is 0.166 e. The highest BCUT2D eigenvalue weighted by Gasteiger charge is 2.26. The van der Waals surface area contributed by atoms with Crippen LogP contribution in [0.4, 0.5) is 0 Å². The predicted octanol–water partition coefficient (Wildman–Crippen LogP) is 16.4. The molecule has 4 heterocycles. The van der Waals surface area contributed by atoms with Crippen LogP contribution in [0.25, 0.3) is 149 Å². The van der Waals surface area contributed by atoms with E-state index in [1.54, 1.807) is 0 Å². The second-order valence-corrected chi connectivity index (χ2v) is 17.5. The number of hydrogen-bond acceptors (Lipinski definition) is 5. The summed E-state index contributed by atoms with van der Waals surface area (Å²) in [5, 5.41) is 15.7. The Morgan fingerprint density at radius 2 is 0.851 bits per heavy atom. The molecular formula is C61H34N4O2. The van der Waals surface area contributed by atoms with E-state index in [0.717, 1.165) is 104 Å². The first-order valence-electron chi connectivity index (χ1n) is 22.6. The second-order valence-electron chi connectivity index (χ2n) is 17.5. The minimum absolute atomic E-state index is 0.543. The minimum Gasteiger partial charge on any atom is -0.456 e. The van der Waals surface area contributed by atoms with Crippen molar-refractivity contribution < 1.29 is 8.83 Å². The molecule has 0 atom stereocenters. The minimum atomic E-state index is 0.543. The largest absolute Gasteiger partial charge is 0.456 e. The molecule has 15 aromatic rings. The van der Waals surface area contributed by atoms with Gasteiger partial charge in [-0.2, -0.15) is 0 Å². The van der Waals surface area contributed by atoms with Crippen LogP contribution in [0, 0.1) is 0 Å². The van der Waals surface area contributed by atoms with Crippen LogP contribution >= 0.6 is 0 Å². The van der Waals surface area contributed by atoms with Crippen molar-refractivity contribution >= 4 is 109 Å². The molecule has 0 radical (unpaired) electrons. The average molecular weight is 855 g/mol. The van der Waals surface area contributed by atoms with Gasteiger partial charge < -0.3 is 13.4 Å². The fraction of sp³-hybridized carbons (Fsp3) is 0. The van der Waals surface area contributed by atoms with Gasteiger partial charge in [0.05, 0.1) is 22.1 Å². The summed E-state index contributed by atoms with van der Waals surface area (Å²) >= 11 is 0. The summed E-state index contributed by atoms with van der Waals surface area (Å²) in [6, 6.07) is 72.8. The van der Waals surface area contributed by atoms with Gasteiger partial charge in [-0.3, -0.25) is 0 Å². The van der Waals surface area contributed by atoms with E-state index < -0.39 is 0 Å². The summed E-state index contributed by atoms with van der Waals surface area (Å²) in [5.74, 6) is 1.66.